The van der Waals surface area contributed by atoms with E-state index in [1.165, 1.54) is 29.9 Å². The van der Waals surface area contributed by atoms with E-state index in [9.17, 15) is 14.3 Å². The summed E-state index contributed by atoms with van der Waals surface area (Å²) in [4.78, 5) is 18.8. The number of aliphatic hydroxyl groups is 1. The van der Waals surface area contributed by atoms with Crippen LogP contribution in [0.1, 0.15) is 42.2 Å². The second-order valence-corrected chi connectivity index (χ2v) is 10.1. The van der Waals surface area contributed by atoms with Gasteiger partial charge in [-0.1, -0.05) is 12.1 Å². The lowest BCUT2D eigenvalue weighted by Crippen LogP contribution is -2.48. The van der Waals surface area contributed by atoms with Crippen LogP contribution >= 0.6 is 11.3 Å². The Balaban J connectivity index is 1.44. The molecule has 4 rings (SSSR count). The van der Waals surface area contributed by atoms with E-state index in [-0.39, 0.29) is 30.9 Å². The first-order chi connectivity index (χ1) is 16.0. The van der Waals surface area contributed by atoms with Crippen LogP contribution in [0.4, 0.5) is 4.39 Å². The minimum atomic E-state index is -0.466. The number of halogens is 1. The molecule has 0 spiro atoms. The van der Waals surface area contributed by atoms with Crippen molar-refractivity contribution in [1.82, 2.24) is 9.80 Å². The van der Waals surface area contributed by atoms with E-state index in [2.05, 4.69) is 22.9 Å². The molecule has 2 aliphatic rings. The van der Waals surface area contributed by atoms with Crippen LogP contribution in [0, 0.1) is 11.7 Å². The van der Waals surface area contributed by atoms with E-state index < -0.39 is 6.10 Å². The third-order valence-corrected chi connectivity index (χ3v) is 7.36. The highest BCUT2D eigenvalue weighted by atomic mass is 32.1. The SMILES string of the molecule is C=CCC[C@@H](O)CN(CC(=O)N1CCc2sccc2[C@H]1COc1cccc(F)c1)CC1CC1. The van der Waals surface area contributed by atoms with Crippen LogP contribution in [-0.4, -0.2) is 59.7 Å². The van der Waals surface area contributed by atoms with Gasteiger partial charge in [-0.2, -0.15) is 0 Å². The number of benzene rings is 1. The van der Waals surface area contributed by atoms with E-state index in [1.54, 1.807) is 23.5 Å². The zero-order valence-corrected chi connectivity index (χ0v) is 19.8. The fourth-order valence-electron chi connectivity index (χ4n) is 4.46. The summed E-state index contributed by atoms with van der Waals surface area (Å²) in [7, 11) is 0. The zero-order valence-electron chi connectivity index (χ0n) is 19.0. The first kappa shape index (κ1) is 23.9. The van der Waals surface area contributed by atoms with Crippen molar-refractivity contribution in [3.8, 4) is 5.75 Å². The van der Waals surface area contributed by atoms with Crippen LogP contribution in [0.25, 0.3) is 0 Å². The Hall–Kier alpha value is -2.22. The van der Waals surface area contributed by atoms with Gasteiger partial charge in [0.05, 0.1) is 18.7 Å². The number of thiophene rings is 1. The van der Waals surface area contributed by atoms with Gasteiger partial charge in [-0.25, -0.2) is 4.39 Å². The van der Waals surface area contributed by atoms with Gasteiger partial charge < -0.3 is 14.7 Å². The number of rotatable bonds is 12. The Bertz CT molecular complexity index is 945. The number of nitrogens with zero attached hydrogens (tertiary/aromatic N) is 2. The Morgan fingerprint density at radius 3 is 3.00 bits per heavy atom. The number of amides is 1. The lowest BCUT2D eigenvalue weighted by Gasteiger charge is -2.37. The number of hydrogen-bond donors (Lipinski definition) is 1. The first-order valence-electron chi connectivity index (χ1n) is 11.8. The summed E-state index contributed by atoms with van der Waals surface area (Å²) in [6.07, 6.45) is 5.99. The molecule has 1 saturated carbocycles. The Labute approximate surface area is 199 Å². The van der Waals surface area contributed by atoms with Crippen molar-refractivity contribution < 1.29 is 19.0 Å². The van der Waals surface area contributed by atoms with E-state index >= 15 is 0 Å². The summed E-state index contributed by atoms with van der Waals surface area (Å²) in [5.74, 6) is 0.800. The highest BCUT2D eigenvalue weighted by Gasteiger charge is 2.34. The third-order valence-electron chi connectivity index (χ3n) is 6.36. The van der Waals surface area contributed by atoms with Gasteiger partial charge >= 0.3 is 0 Å². The average molecular weight is 473 g/mol. The van der Waals surface area contributed by atoms with Crippen molar-refractivity contribution in [2.75, 3.05) is 32.8 Å². The summed E-state index contributed by atoms with van der Waals surface area (Å²) < 4.78 is 19.5. The molecule has 7 heteroatoms. The molecule has 0 radical (unpaired) electrons. The van der Waals surface area contributed by atoms with Crippen LogP contribution in [0.5, 0.6) is 5.75 Å². The zero-order chi connectivity index (χ0) is 23.2. The fraction of sp³-hybridized carbons (Fsp3) is 0.500. The van der Waals surface area contributed by atoms with E-state index in [0.717, 1.165) is 24.9 Å². The summed E-state index contributed by atoms with van der Waals surface area (Å²) in [5, 5.41) is 12.5. The second kappa shape index (κ2) is 11.3. The molecular weight excluding hydrogens is 439 g/mol. The molecule has 0 saturated heterocycles. The topological polar surface area (TPSA) is 53.0 Å². The molecule has 33 heavy (non-hydrogen) atoms. The summed E-state index contributed by atoms with van der Waals surface area (Å²) >= 11 is 1.71. The van der Waals surface area contributed by atoms with E-state index in [0.29, 0.717) is 31.2 Å². The highest BCUT2D eigenvalue weighted by Crippen LogP contribution is 2.34. The van der Waals surface area contributed by atoms with Crippen molar-refractivity contribution in [3.05, 3.63) is 64.6 Å². The van der Waals surface area contributed by atoms with Gasteiger partial charge in [0, 0.05) is 30.6 Å². The van der Waals surface area contributed by atoms with Gasteiger partial charge in [0.15, 0.2) is 0 Å². The number of aliphatic hydroxyl groups excluding tert-OH is 1. The standard InChI is InChI=1S/C26H33FN2O3S/c1-2-3-6-21(30)16-28(15-19-8-9-19)17-26(31)29-12-10-25-23(11-13-33-25)24(29)18-32-22-7-4-5-20(27)14-22/h2,4-5,7,11,13-14,19,21,24,30H,1,3,6,8-10,12,15-18H2/t21-,24-/m1/s1. The smallest absolute Gasteiger partial charge is 0.237 e. The molecule has 1 fully saturated rings. The Morgan fingerprint density at radius 2 is 2.24 bits per heavy atom. The molecule has 178 valence electrons. The number of ether oxygens (including phenoxy) is 1. The lowest BCUT2D eigenvalue weighted by atomic mass is 10.0. The normalized spacial score (nSPS) is 18.8. The van der Waals surface area contributed by atoms with Crippen molar-refractivity contribution >= 4 is 17.2 Å². The van der Waals surface area contributed by atoms with Gasteiger partial charge in [0.2, 0.25) is 5.91 Å². The summed E-state index contributed by atoms with van der Waals surface area (Å²) in [6, 6.07) is 7.97. The largest absolute Gasteiger partial charge is 0.491 e. The van der Waals surface area contributed by atoms with E-state index in [1.807, 2.05) is 11.0 Å². The quantitative estimate of drug-likeness (QED) is 0.465. The van der Waals surface area contributed by atoms with Crippen LogP contribution < -0.4 is 4.74 Å². The van der Waals surface area contributed by atoms with Crippen molar-refractivity contribution in [2.45, 2.75) is 44.2 Å². The number of hydrogen-bond acceptors (Lipinski definition) is 5. The Kier molecular flexibility index (Phi) is 8.17. The van der Waals surface area contributed by atoms with Crippen LogP contribution in [-0.2, 0) is 11.2 Å². The predicted molar refractivity (Wildman–Crippen MR) is 129 cm³/mol. The first-order valence-corrected chi connectivity index (χ1v) is 12.7. The van der Waals surface area contributed by atoms with Crippen LogP contribution in [0.3, 0.4) is 0 Å². The number of fused-ring (bicyclic) bond motifs is 1. The summed E-state index contributed by atoms with van der Waals surface area (Å²) in [5.41, 5.74) is 1.12. The molecule has 1 aliphatic carbocycles. The second-order valence-electron chi connectivity index (χ2n) is 9.08. The molecule has 2 atom stereocenters. The molecule has 1 aliphatic heterocycles. The lowest BCUT2D eigenvalue weighted by molar-refractivity contribution is -0.136. The third kappa shape index (κ3) is 6.65. The van der Waals surface area contributed by atoms with Gasteiger partial charge in [-0.15, -0.1) is 17.9 Å². The van der Waals surface area contributed by atoms with Crippen molar-refractivity contribution in [2.24, 2.45) is 5.92 Å². The number of carbonyl (C=O) groups is 1. The molecule has 0 bridgehead atoms. The molecule has 2 aromatic rings. The maximum absolute atomic E-state index is 13.6. The monoisotopic (exact) mass is 472 g/mol. The molecular formula is C26H33FN2O3S. The number of allylic oxidation sites excluding steroid dienone is 1. The molecule has 1 aromatic carbocycles. The molecule has 5 nitrogen and oxygen atoms in total. The van der Waals surface area contributed by atoms with Gasteiger partial charge in [-0.05, 0) is 67.2 Å². The maximum atomic E-state index is 13.6. The van der Waals surface area contributed by atoms with Crippen molar-refractivity contribution in [1.29, 1.82) is 0 Å². The molecule has 1 aromatic heterocycles. The average Bonchev–Trinajstić information content (AvgIpc) is 3.47. The minimum absolute atomic E-state index is 0.0521. The fourth-order valence-corrected chi connectivity index (χ4v) is 5.39. The molecule has 2 heterocycles. The van der Waals surface area contributed by atoms with Gasteiger partial charge in [-0.3, -0.25) is 9.69 Å². The van der Waals surface area contributed by atoms with Crippen LogP contribution in [0.2, 0.25) is 0 Å². The molecule has 0 unspecified atom stereocenters. The minimum Gasteiger partial charge on any atom is -0.491 e. The maximum Gasteiger partial charge on any atom is 0.237 e. The highest BCUT2D eigenvalue weighted by molar-refractivity contribution is 7.10. The number of carbonyl (C=O) groups excluding carboxylic acids is 1. The summed E-state index contributed by atoms with van der Waals surface area (Å²) in [6.45, 7) is 6.28. The predicted octanol–water partition coefficient (Wildman–Crippen LogP) is 4.43. The Morgan fingerprint density at radius 1 is 1.39 bits per heavy atom. The van der Waals surface area contributed by atoms with E-state index in [4.69, 9.17) is 4.74 Å². The van der Waals surface area contributed by atoms with Gasteiger partial charge in [0.25, 0.3) is 0 Å². The molecule has 1 N–H and O–H groups in total. The van der Waals surface area contributed by atoms with Gasteiger partial charge in [0.1, 0.15) is 18.2 Å². The van der Waals surface area contributed by atoms with Crippen LogP contribution in [0.15, 0.2) is 48.4 Å². The van der Waals surface area contributed by atoms with Crippen molar-refractivity contribution in [3.63, 3.8) is 0 Å². The molecule has 1 amide bonds.